The maximum Gasteiger partial charge on any atom is 0.333 e. The average molecular weight is 334 g/mol. The highest BCUT2D eigenvalue weighted by atomic mass is 16.6. The van der Waals surface area contributed by atoms with Crippen LogP contribution in [-0.2, 0) is 14.3 Å². The van der Waals surface area contributed by atoms with Crippen LogP contribution in [-0.4, -0.2) is 110 Å². The highest BCUT2D eigenvalue weighted by molar-refractivity contribution is 6.21. The van der Waals surface area contributed by atoms with Crippen LogP contribution in [0.15, 0.2) is 0 Å². The number of imide groups is 2. The summed E-state index contributed by atoms with van der Waals surface area (Å²) in [6, 6.07) is -0.991. The van der Waals surface area contributed by atoms with Crippen molar-refractivity contribution >= 4 is 17.8 Å². The van der Waals surface area contributed by atoms with Gasteiger partial charge < -0.3 is 30.3 Å². The first-order valence-electron chi connectivity index (χ1n) is 6.72. The Morgan fingerprint density at radius 3 is 1.91 bits per heavy atom. The van der Waals surface area contributed by atoms with E-state index in [1.165, 1.54) is 0 Å². The molecule has 5 N–H and O–H groups in total. The van der Waals surface area contributed by atoms with Crippen LogP contribution in [0.1, 0.15) is 0 Å². The molecule has 2 rings (SSSR count). The minimum absolute atomic E-state index is 0.461. The monoisotopic (exact) mass is 334 g/mol. The van der Waals surface area contributed by atoms with Gasteiger partial charge in [0.1, 0.15) is 30.5 Å². The van der Waals surface area contributed by atoms with Gasteiger partial charge in [-0.2, -0.15) is 0 Å². The van der Waals surface area contributed by atoms with Gasteiger partial charge in [-0.15, -0.1) is 0 Å². The third-order valence-electron chi connectivity index (χ3n) is 4.14. The number of carbonyl (C=O) groups is 3. The van der Waals surface area contributed by atoms with Gasteiger partial charge in [0.25, 0.3) is 17.4 Å². The molecule has 5 atom stereocenters. The molecule has 0 saturated carbocycles. The number of amides is 4. The number of hydrogen-bond acceptors (Lipinski definition) is 9. The molecule has 2 aliphatic heterocycles. The zero-order chi connectivity index (χ0) is 17.7. The Bertz CT molecular complexity index is 513. The number of rotatable bonds is 2. The SMILES string of the molecule is CN1C(=O)N(C)C(=O)C(O)(C2O[C@H](CO)[C@@H](O)[C@H](O)[C@H]2O)C1=O. The minimum atomic E-state index is -2.99. The first kappa shape index (κ1) is 17.7. The molecule has 2 fully saturated rings. The number of aliphatic hydroxyl groups is 5. The molecule has 23 heavy (non-hydrogen) atoms. The minimum Gasteiger partial charge on any atom is -0.394 e. The lowest BCUT2D eigenvalue weighted by Gasteiger charge is -2.48. The van der Waals surface area contributed by atoms with Crippen molar-refractivity contribution in [2.75, 3.05) is 20.7 Å². The third-order valence-corrected chi connectivity index (χ3v) is 4.14. The van der Waals surface area contributed by atoms with Crippen molar-refractivity contribution in [1.29, 1.82) is 0 Å². The molecule has 0 aromatic carbocycles. The first-order chi connectivity index (χ1) is 10.6. The summed E-state index contributed by atoms with van der Waals surface area (Å²) in [5.74, 6) is -2.70. The van der Waals surface area contributed by atoms with Crippen LogP contribution < -0.4 is 0 Å². The Balaban J connectivity index is 2.46. The van der Waals surface area contributed by atoms with Gasteiger partial charge in [0, 0.05) is 14.1 Å². The molecular formula is C12H18N2O9. The van der Waals surface area contributed by atoms with Crippen molar-refractivity contribution in [2.45, 2.75) is 36.1 Å². The summed E-state index contributed by atoms with van der Waals surface area (Å²) in [6.07, 6.45) is -9.03. The lowest BCUT2D eigenvalue weighted by Crippen LogP contribution is -2.76. The summed E-state index contributed by atoms with van der Waals surface area (Å²) in [5.41, 5.74) is -2.99. The van der Waals surface area contributed by atoms with Crippen LogP contribution in [0.4, 0.5) is 4.79 Å². The summed E-state index contributed by atoms with van der Waals surface area (Å²) < 4.78 is 5.08. The van der Waals surface area contributed by atoms with Crippen LogP contribution in [0, 0.1) is 0 Å². The number of likely N-dealkylation sites (N-methyl/N-ethyl adjacent to an activating group) is 2. The predicted molar refractivity (Wildman–Crippen MR) is 69.7 cm³/mol. The Labute approximate surface area is 130 Å². The molecule has 2 aliphatic rings. The van der Waals surface area contributed by atoms with E-state index in [-0.39, 0.29) is 0 Å². The van der Waals surface area contributed by atoms with Crippen LogP contribution in [0.25, 0.3) is 0 Å². The van der Waals surface area contributed by atoms with Crippen molar-refractivity contribution < 1.29 is 44.7 Å². The van der Waals surface area contributed by atoms with Gasteiger partial charge in [-0.3, -0.25) is 19.4 Å². The van der Waals surface area contributed by atoms with Crippen molar-refractivity contribution in [3.8, 4) is 0 Å². The third kappa shape index (κ3) is 2.33. The second kappa shape index (κ2) is 5.78. The molecule has 130 valence electrons. The molecule has 0 aliphatic carbocycles. The van der Waals surface area contributed by atoms with Gasteiger partial charge in [-0.1, -0.05) is 0 Å². The van der Waals surface area contributed by atoms with Gasteiger partial charge in [-0.05, 0) is 0 Å². The summed E-state index contributed by atoms with van der Waals surface area (Å²) >= 11 is 0. The van der Waals surface area contributed by atoms with Gasteiger partial charge in [0.05, 0.1) is 6.61 Å². The van der Waals surface area contributed by atoms with Crippen LogP contribution in [0.3, 0.4) is 0 Å². The van der Waals surface area contributed by atoms with E-state index in [0.29, 0.717) is 9.80 Å². The van der Waals surface area contributed by atoms with Gasteiger partial charge >= 0.3 is 6.03 Å². The average Bonchev–Trinajstić information content (AvgIpc) is 2.54. The standard InChI is InChI=1S/C12H18N2O9/c1-13-9(19)12(22,10(20)14(2)11(13)21)8-7(18)6(17)5(16)4(3-15)23-8/h4-8,15-18,22H,3H2,1-2H3/t4-,5-,6+,7-,8?/m1/s1. The van der Waals surface area contributed by atoms with E-state index in [0.717, 1.165) is 14.1 Å². The molecule has 0 spiro atoms. The lowest BCUT2D eigenvalue weighted by atomic mass is 9.82. The topological polar surface area (TPSA) is 168 Å². The van der Waals surface area contributed by atoms with E-state index >= 15 is 0 Å². The maximum atomic E-state index is 12.3. The quantitative estimate of drug-likeness (QED) is 0.313. The molecule has 0 radical (unpaired) electrons. The number of nitrogens with zero attached hydrogens (tertiary/aromatic N) is 2. The fourth-order valence-electron chi connectivity index (χ4n) is 2.69. The summed E-state index contributed by atoms with van der Waals surface area (Å²) in [5, 5.41) is 49.2. The Morgan fingerprint density at radius 1 is 1.00 bits per heavy atom. The van der Waals surface area contributed by atoms with Gasteiger partial charge in [-0.25, -0.2) is 4.79 Å². The maximum absolute atomic E-state index is 12.3. The van der Waals surface area contributed by atoms with E-state index in [1.54, 1.807) is 0 Å². The Kier molecular flexibility index (Phi) is 4.45. The highest BCUT2D eigenvalue weighted by Crippen LogP contribution is 2.33. The molecule has 2 heterocycles. The molecule has 11 nitrogen and oxygen atoms in total. The fraction of sp³-hybridized carbons (Fsp3) is 0.750. The molecule has 0 aromatic heterocycles. The normalized spacial score (nSPS) is 38.2. The van der Waals surface area contributed by atoms with Crippen molar-refractivity contribution in [2.24, 2.45) is 0 Å². The van der Waals surface area contributed by atoms with Crippen molar-refractivity contribution in [3.63, 3.8) is 0 Å². The van der Waals surface area contributed by atoms with Crippen LogP contribution in [0.2, 0.25) is 0 Å². The van der Waals surface area contributed by atoms with Gasteiger partial charge in [0.2, 0.25) is 0 Å². The van der Waals surface area contributed by atoms with E-state index in [9.17, 15) is 34.8 Å². The van der Waals surface area contributed by atoms with E-state index in [1.807, 2.05) is 0 Å². The zero-order valence-electron chi connectivity index (χ0n) is 12.4. The van der Waals surface area contributed by atoms with Crippen molar-refractivity contribution in [1.82, 2.24) is 9.80 Å². The second-order valence-corrected chi connectivity index (χ2v) is 5.53. The lowest BCUT2D eigenvalue weighted by molar-refractivity contribution is -0.266. The van der Waals surface area contributed by atoms with E-state index in [2.05, 4.69) is 0 Å². The number of aliphatic hydroxyl groups excluding tert-OH is 4. The molecule has 0 aromatic rings. The summed E-state index contributed by atoms with van der Waals surface area (Å²) in [4.78, 5) is 37.1. The summed E-state index contributed by atoms with van der Waals surface area (Å²) in [6.45, 7) is -0.801. The molecule has 11 heteroatoms. The number of urea groups is 1. The number of ether oxygens (including phenoxy) is 1. The fourth-order valence-corrected chi connectivity index (χ4v) is 2.69. The number of carbonyl (C=O) groups excluding carboxylic acids is 3. The molecular weight excluding hydrogens is 316 g/mol. The highest BCUT2D eigenvalue weighted by Gasteiger charge is 2.64. The molecule has 4 amide bonds. The van der Waals surface area contributed by atoms with Crippen LogP contribution in [0.5, 0.6) is 0 Å². The second-order valence-electron chi connectivity index (χ2n) is 5.53. The summed E-state index contributed by atoms with van der Waals surface area (Å²) in [7, 11) is 2.03. The van der Waals surface area contributed by atoms with Crippen LogP contribution >= 0.6 is 0 Å². The van der Waals surface area contributed by atoms with Crippen molar-refractivity contribution in [3.05, 3.63) is 0 Å². The predicted octanol–water partition coefficient (Wildman–Crippen LogP) is -4.39. The smallest absolute Gasteiger partial charge is 0.333 e. The Morgan fingerprint density at radius 2 is 1.48 bits per heavy atom. The van der Waals surface area contributed by atoms with E-state index < -0.39 is 60.6 Å². The largest absolute Gasteiger partial charge is 0.394 e. The molecule has 1 unspecified atom stereocenters. The Hall–Kier alpha value is -1.63. The van der Waals surface area contributed by atoms with Gasteiger partial charge in [0.15, 0.2) is 0 Å². The van der Waals surface area contributed by atoms with E-state index in [4.69, 9.17) is 9.84 Å². The number of hydrogen-bond donors (Lipinski definition) is 5. The molecule has 0 bridgehead atoms. The zero-order valence-corrected chi connectivity index (χ0v) is 12.4. The number of barbiturate groups is 1. The molecule has 2 saturated heterocycles. The first-order valence-corrected chi connectivity index (χ1v) is 6.72.